The van der Waals surface area contributed by atoms with Crippen molar-refractivity contribution >= 4 is 72.1 Å². The summed E-state index contributed by atoms with van der Waals surface area (Å²) in [6.07, 6.45) is 2.09. The number of aryl methyl sites for hydroxylation is 3. The van der Waals surface area contributed by atoms with E-state index in [2.05, 4.69) is 248 Å². The second-order valence-corrected chi connectivity index (χ2v) is 22.6. The van der Waals surface area contributed by atoms with E-state index in [1.54, 1.807) is 0 Å². The first-order valence-electron chi connectivity index (χ1n) is 25.3. The van der Waals surface area contributed by atoms with Gasteiger partial charge in [0.25, 0.3) is 0 Å². The van der Waals surface area contributed by atoms with Gasteiger partial charge in [-0.15, -0.1) is 0 Å². The van der Waals surface area contributed by atoms with Crippen LogP contribution in [0, 0.1) is 13.8 Å². The molecule has 0 fully saturated rings. The molecule has 3 heteroatoms. The van der Waals surface area contributed by atoms with Gasteiger partial charge in [-0.05, 0) is 176 Å². The van der Waals surface area contributed by atoms with Crippen LogP contribution in [-0.2, 0) is 22.7 Å². The fourth-order valence-corrected chi connectivity index (χ4v) is 13.4. The number of benzene rings is 10. The van der Waals surface area contributed by atoms with E-state index >= 15 is 0 Å². The van der Waals surface area contributed by atoms with Gasteiger partial charge in [0.2, 0.25) is 0 Å². The Morgan fingerprint density at radius 3 is 1.47 bits per heavy atom. The monoisotopic (exact) mass is 907 g/mol. The fraction of sp³-hybridized carbons (Fsp3) is 0.224. The molecule has 0 N–H and O–H groups in total. The zero-order valence-electron chi connectivity index (χ0n) is 42.3. The molecule has 70 heavy (non-hydrogen) atoms. The molecule has 0 saturated heterocycles. The highest BCUT2D eigenvalue weighted by molar-refractivity contribution is 6.30. The van der Waals surface area contributed by atoms with Gasteiger partial charge >= 0.3 is 0 Å². The van der Waals surface area contributed by atoms with Crippen molar-refractivity contribution in [1.29, 1.82) is 0 Å². The van der Waals surface area contributed by atoms with E-state index < -0.39 is 0 Å². The van der Waals surface area contributed by atoms with Crippen LogP contribution in [0.15, 0.2) is 164 Å². The Kier molecular flexibility index (Phi) is 9.05. The molecule has 0 amide bonds. The average molecular weight is 908 g/mol. The van der Waals surface area contributed by atoms with Crippen molar-refractivity contribution < 1.29 is 0 Å². The molecular weight excluding hydrogens is 847 g/mol. The first-order valence-corrected chi connectivity index (χ1v) is 25.3. The van der Waals surface area contributed by atoms with Gasteiger partial charge in [0.05, 0.1) is 22.7 Å². The molecule has 0 atom stereocenters. The van der Waals surface area contributed by atoms with E-state index in [0.29, 0.717) is 0 Å². The SMILES string of the molecule is Cc1ccc(N(c2cccc3c2C(C)(C)c2ccccc2-3)c2cc(C)c3ccc4c(N(c5ccc(N(C)C)cc5)c5cccc6c5C(C)(C)c5ccccc5-6)cc5c6c(cc2c3c46)C(C)(C)CC5)cc1. The summed E-state index contributed by atoms with van der Waals surface area (Å²) < 4.78 is 0. The Morgan fingerprint density at radius 1 is 0.400 bits per heavy atom. The molecule has 3 nitrogen and oxygen atoms in total. The summed E-state index contributed by atoms with van der Waals surface area (Å²) >= 11 is 0. The largest absolute Gasteiger partial charge is 0.378 e. The lowest BCUT2D eigenvalue weighted by atomic mass is 9.70. The first kappa shape index (κ1) is 42.7. The number of fused-ring (bicyclic) bond motifs is 6. The van der Waals surface area contributed by atoms with Crippen molar-refractivity contribution in [2.24, 2.45) is 0 Å². The summed E-state index contributed by atoms with van der Waals surface area (Å²) in [6.45, 7) is 19.2. The molecule has 0 unspecified atom stereocenters. The predicted octanol–water partition coefficient (Wildman–Crippen LogP) is 18.0. The summed E-state index contributed by atoms with van der Waals surface area (Å²) in [7, 11) is 4.25. The molecule has 0 spiro atoms. The lowest BCUT2D eigenvalue weighted by Crippen LogP contribution is -2.24. The third kappa shape index (κ3) is 5.87. The van der Waals surface area contributed by atoms with Gasteiger partial charge < -0.3 is 14.7 Å². The highest BCUT2D eigenvalue weighted by atomic mass is 15.2. The normalized spacial score (nSPS) is 15.5. The van der Waals surface area contributed by atoms with Gasteiger partial charge in [0.1, 0.15) is 0 Å². The minimum Gasteiger partial charge on any atom is -0.378 e. The molecule has 0 heterocycles. The maximum Gasteiger partial charge on any atom is 0.0543 e. The number of rotatable bonds is 7. The van der Waals surface area contributed by atoms with Crippen molar-refractivity contribution in [2.75, 3.05) is 28.8 Å². The Labute approximate surface area is 414 Å². The second kappa shape index (κ2) is 14.8. The molecule has 10 aromatic carbocycles. The van der Waals surface area contributed by atoms with Crippen LogP contribution < -0.4 is 14.7 Å². The van der Waals surface area contributed by atoms with Crippen LogP contribution in [0.4, 0.5) is 39.8 Å². The molecule has 0 radical (unpaired) electrons. The van der Waals surface area contributed by atoms with Crippen LogP contribution in [-0.4, -0.2) is 14.1 Å². The topological polar surface area (TPSA) is 9.72 Å². The number of hydrogen-bond acceptors (Lipinski definition) is 3. The van der Waals surface area contributed by atoms with Gasteiger partial charge in [-0.2, -0.15) is 0 Å². The van der Waals surface area contributed by atoms with Crippen LogP contribution in [0.2, 0.25) is 0 Å². The molecular formula is C67H61N3. The van der Waals surface area contributed by atoms with E-state index in [-0.39, 0.29) is 16.2 Å². The van der Waals surface area contributed by atoms with E-state index in [4.69, 9.17) is 0 Å². The van der Waals surface area contributed by atoms with Crippen molar-refractivity contribution in [2.45, 2.75) is 84.5 Å². The van der Waals surface area contributed by atoms with Gasteiger partial charge in [-0.25, -0.2) is 0 Å². The van der Waals surface area contributed by atoms with Crippen molar-refractivity contribution in [3.05, 3.63) is 208 Å². The average Bonchev–Trinajstić information content (AvgIpc) is 3.74. The van der Waals surface area contributed by atoms with E-state index in [1.165, 1.54) is 133 Å². The molecule has 0 aromatic heterocycles. The molecule has 13 rings (SSSR count). The van der Waals surface area contributed by atoms with Crippen molar-refractivity contribution in [3.63, 3.8) is 0 Å². The Balaban J connectivity index is 1.14. The molecule has 0 saturated carbocycles. The highest BCUT2D eigenvalue weighted by Gasteiger charge is 2.42. The van der Waals surface area contributed by atoms with Crippen LogP contribution in [0.25, 0.3) is 54.6 Å². The Bertz CT molecular complexity index is 3790. The molecule has 3 aliphatic rings. The maximum absolute atomic E-state index is 2.62. The minimum absolute atomic E-state index is 0.0342. The zero-order chi connectivity index (χ0) is 48.2. The van der Waals surface area contributed by atoms with Gasteiger partial charge in [0.15, 0.2) is 0 Å². The molecule has 0 aliphatic heterocycles. The summed E-state index contributed by atoms with van der Waals surface area (Å²) in [4.78, 5) is 7.43. The molecule has 344 valence electrons. The smallest absolute Gasteiger partial charge is 0.0543 e. The van der Waals surface area contributed by atoms with E-state index in [1.807, 2.05) is 0 Å². The van der Waals surface area contributed by atoms with Crippen LogP contribution >= 0.6 is 0 Å². The van der Waals surface area contributed by atoms with Crippen LogP contribution in [0.1, 0.15) is 92.5 Å². The first-order chi connectivity index (χ1) is 33.6. The highest BCUT2D eigenvalue weighted by Crippen LogP contribution is 2.59. The van der Waals surface area contributed by atoms with Crippen molar-refractivity contribution in [1.82, 2.24) is 0 Å². The summed E-state index contributed by atoms with van der Waals surface area (Å²) in [5, 5.41) is 8.09. The van der Waals surface area contributed by atoms with E-state index in [9.17, 15) is 0 Å². The Hall–Kier alpha value is -7.36. The third-order valence-corrected chi connectivity index (χ3v) is 17.0. The van der Waals surface area contributed by atoms with Gasteiger partial charge in [-0.1, -0.05) is 144 Å². The lowest BCUT2D eigenvalue weighted by molar-refractivity contribution is 0.475. The summed E-state index contributed by atoms with van der Waals surface area (Å²) in [5.41, 5.74) is 24.3. The Morgan fingerprint density at radius 2 is 0.900 bits per heavy atom. The lowest BCUT2D eigenvalue weighted by Gasteiger charge is -2.38. The standard InChI is InChI=1S/C67H61N3/c1-40-25-27-44(28-26-40)69(56-23-15-19-49-47-17-11-13-21-53(47)66(5,6)63(49)56)58-37-41(2)46-33-34-51-59(38-42-35-36-65(3,4)55-39-52(58)61(46)62(51)60(42)55)70(45-31-29-43(30-32-45)68(9)10)57-24-16-20-50-48-18-12-14-22-54(48)67(7,8)64(50)57/h11-34,37-39H,35-36H2,1-10H3. The van der Waals surface area contributed by atoms with Crippen LogP contribution in [0.3, 0.4) is 0 Å². The second-order valence-electron chi connectivity index (χ2n) is 22.6. The number of hydrogen-bond donors (Lipinski definition) is 0. The predicted molar refractivity (Wildman–Crippen MR) is 300 cm³/mol. The molecule has 10 aromatic rings. The van der Waals surface area contributed by atoms with Gasteiger partial charge in [-0.3, -0.25) is 0 Å². The quantitative estimate of drug-likeness (QED) is 0.148. The zero-order valence-corrected chi connectivity index (χ0v) is 42.3. The van der Waals surface area contributed by atoms with Crippen LogP contribution in [0.5, 0.6) is 0 Å². The fourth-order valence-electron chi connectivity index (χ4n) is 13.4. The summed E-state index contributed by atoms with van der Waals surface area (Å²) in [6, 6.07) is 63.1. The van der Waals surface area contributed by atoms with Crippen molar-refractivity contribution in [3.8, 4) is 22.3 Å². The summed E-state index contributed by atoms with van der Waals surface area (Å²) in [5.74, 6) is 0. The molecule has 3 aliphatic carbocycles. The number of nitrogens with zero attached hydrogens (tertiary/aromatic N) is 3. The molecule has 0 bridgehead atoms. The third-order valence-electron chi connectivity index (χ3n) is 17.0. The maximum atomic E-state index is 2.62. The number of anilines is 7. The van der Waals surface area contributed by atoms with E-state index in [0.717, 1.165) is 18.5 Å². The minimum atomic E-state index is -0.210. The van der Waals surface area contributed by atoms with Gasteiger partial charge in [0, 0.05) is 58.1 Å².